The van der Waals surface area contributed by atoms with Gasteiger partial charge >= 0.3 is 0 Å². The van der Waals surface area contributed by atoms with Gasteiger partial charge in [0, 0.05) is 17.1 Å². The fourth-order valence-electron chi connectivity index (χ4n) is 2.12. The summed E-state index contributed by atoms with van der Waals surface area (Å²) in [5.41, 5.74) is 15.4. The van der Waals surface area contributed by atoms with Crippen LogP contribution < -0.4 is 11.5 Å². The highest BCUT2D eigenvalue weighted by atomic mass is 79.9. The van der Waals surface area contributed by atoms with Crippen molar-refractivity contribution < 1.29 is 0 Å². The first kappa shape index (κ1) is 12.0. The molecule has 0 unspecified atom stereocenters. The molecule has 0 saturated carbocycles. The Kier molecular flexibility index (Phi) is 2.91. The molecule has 2 aromatic heterocycles. The number of aromatic nitrogens is 2. The molecule has 0 aliphatic carbocycles. The quantitative estimate of drug-likeness (QED) is 0.763. The molecule has 0 radical (unpaired) electrons. The first-order valence-electron chi connectivity index (χ1n) is 5.90. The first-order chi connectivity index (χ1) is 9.15. The predicted molar refractivity (Wildman–Crippen MR) is 81.0 cm³/mol. The molecular formula is C14H13BrN4. The minimum Gasteiger partial charge on any atom is -0.396 e. The molecule has 3 rings (SSSR count). The Morgan fingerprint density at radius 2 is 1.89 bits per heavy atom. The van der Waals surface area contributed by atoms with Gasteiger partial charge < -0.3 is 11.5 Å². The van der Waals surface area contributed by atoms with Crippen molar-refractivity contribution in [2.45, 2.75) is 6.42 Å². The van der Waals surface area contributed by atoms with Gasteiger partial charge in [-0.25, -0.2) is 4.98 Å². The minimum atomic E-state index is 0.611. The van der Waals surface area contributed by atoms with Crippen molar-refractivity contribution in [3.8, 4) is 0 Å². The van der Waals surface area contributed by atoms with Crippen LogP contribution in [0, 0.1) is 0 Å². The van der Waals surface area contributed by atoms with Crippen LogP contribution in [-0.2, 0) is 6.42 Å². The van der Waals surface area contributed by atoms with E-state index in [9.17, 15) is 0 Å². The number of anilines is 2. The van der Waals surface area contributed by atoms with Gasteiger partial charge in [-0.15, -0.1) is 0 Å². The lowest BCUT2D eigenvalue weighted by Gasteiger charge is -2.01. The number of hydrogen-bond donors (Lipinski definition) is 2. The van der Waals surface area contributed by atoms with Gasteiger partial charge in [0.1, 0.15) is 5.82 Å². The summed E-state index contributed by atoms with van der Waals surface area (Å²) in [4.78, 5) is 4.54. The van der Waals surface area contributed by atoms with Crippen molar-refractivity contribution in [3.05, 3.63) is 58.3 Å². The highest BCUT2D eigenvalue weighted by Crippen LogP contribution is 2.25. The lowest BCUT2D eigenvalue weighted by atomic mass is 10.1. The Balaban J connectivity index is 2.10. The Morgan fingerprint density at radius 1 is 1.16 bits per heavy atom. The van der Waals surface area contributed by atoms with Crippen LogP contribution in [0.15, 0.2) is 47.1 Å². The largest absolute Gasteiger partial charge is 0.396 e. The van der Waals surface area contributed by atoms with Gasteiger partial charge in [0.2, 0.25) is 0 Å². The summed E-state index contributed by atoms with van der Waals surface area (Å²) in [5, 5.41) is 0. The van der Waals surface area contributed by atoms with Crippen molar-refractivity contribution in [2.75, 3.05) is 11.5 Å². The van der Waals surface area contributed by atoms with Gasteiger partial charge in [0.25, 0.3) is 0 Å². The maximum Gasteiger partial charge on any atom is 0.162 e. The topological polar surface area (TPSA) is 69.3 Å². The van der Waals surface area contributed by atoms with Crippen LogP contribution in [0.1, 0.15) is 11.3 Å². The van der Waals surface area contributed by atoms with Gasteiger partial charge in [-0.1, -0.05) is 30.3 Å². The molecule has 0 bridgehead atoms. The summed E-state index contributed by atoms with van der Waals surface area (Å²) < 4.78 is 2.70. The van der Waals surface area contributed by atoms with Gasteiger partial charge in [0.05, 0.1) is 11.4 Å². The zero-order valence-electron chi connectivity index (χ0n) is 10.2. The molecule has 19 heavy (non-hydrogen) atoms. The molecule has 3 aromatic rings. The van der Waals surface area contributed by atoms with Crippen molar-refractivity contribution in [1.82, 2.24) is 9.38 Å². The van der Waals surface area contributed by atoms with E-state index < -0.39 is 0 Å². The zero-order chi connectivity index (χ0) is 13.4. The maximum atomic E-state index is 6.15. The lowest BCUT2D eigenvalue weighted by molar-refractivity contribution is 1.12. The highest BCUT2D eigenvalue weighted by Gasteiger charge is 2.12. The van der Waals surface area contributed by atoms with Crippen LogP contribution in [0.5, 0.6) is 0 Å². The van der Waals surface area contributed by atoms with Crippen molar-refractivity contribution in [2.24, 2.45) is 0 Å². The van der Waals surface area contributed by atoms with Crippen molar-refractivity contribution in [3.63, 3.8) is 0 Å². The van der Waals surface area contributed by atoms with E-state index in [0.29, 0.717) is 23.6 Å². The summed E-state index contributed by atoms with van der Waals surface area (Å²) in [7, 11) is 0. The average Bonchev–Trinajstić information content (AvgIpc) is 2.69. The Labute approximate surface area is 119 Å². The SMILES string of the molecule is Nc1cc(Br)cn2c(N)c(Cc3ccccc3)nc12. The van der Waals surface area contributed by atoms with Crippen molar-refractivity contribution >= 4 is 33.1 Å². The zero-order valence-corrected chi connectivity index (χ0v) is 11.8. The van der Waals surface area contributed by atoms with E-state index >= 15 is 0 Å². The molecule has 96 valence electrons. The average molecular weight is 317 g/mol. The number of nitrogens with zero attached hydrogens (tertiary/aromatic N) is 2. The molecule has 0 aliphatic heterocycles. The van der Waals surface area contributed by atoms with Crippen LogP contribution in [-0.4, -0.2) is 9.38 Å². The molecule has 0 atom stereocenters. The number of nitrogen functional groups attached to an aromatic ring is 2. The monoisotopic (exact) mass is 316 g/mol. The van der Waals surface area contributed by atoms with Crippen LogP contribution in [0.2, 0.25) is 0 Å². The molecule has 2 heterocycles. The number of halogens is 1. The second kappa shape index (κ2) is 4.59. The first-order valence-corrected chi connectivity index (χ1v) is 6.70. The molecular weight excluding hydrogens is 304 g/mol. The maximum absolute atomic E-state index is 6.15. The van der Waals surface area contributed by atoms with Gasteiger partial charge in [-0.05, 0) is 27.6 Å². The van der Waals surface area contributed by atoms with Gasteiger partial charge in [0.15, 0.2) is 5.65 Å². The van der Waals surface area contributed by atoms with E-state index in [2.05, 4.69) is 33.0 Å². The molecule has 0 saturated heterocycles. The number of nitrogens with two attached hydrogens (primary N) is 2. The van der Waals surface area contributed by atoms with Crippen LogP contribution in [0.25, 0.3) is 5.65 Å². The van der Waals surface area contributed by atoms with Crippen LogP contribution in [0.3, 0.4) is 0 Å². The third kappa shape index (κ3) is 2.17. The number of pyridine rings is 1. The lowest BCUT2D eigenvalue weighted by Crippen LogP contribution is -1.98. The number of hydrogen-bond acceptors (Lipinski definition) is 3. The van der Waals surface area contributed by atoms with Crippen LogP contribution in [0.4, 0.5) is 11.5 Å². The van der Waals surface area contributed by atoms with Crippen molar-refractivity contribution in [1.29, 1.82) is 0 Å². The summed E-state index contributed by atoms with van der Waals surface area (Å²) in [6.45, 7) is 0. The Hall–Kier alpha value is -2.01. The Bertz CT molecular complexity index is 734. The van der Waals surface area contributed by atoms with Gasteiger partial charge in [-0.3, -0.25) is 4.40 Å². The third-order valence-corrected chi connectivity index (χ3v) is 3.48. The van der Waals surface area contributed by atoms with E-state index in [1.54, 1.807) is 0 Å². The fraction of sp³-hybridized carbons (Fsp3) is 0.0714. The summed E-state index contributed by atoms with van der Waals surface area (Å²) in [5.74, 6) is 0.631. The third-order valence-electron chi connectivity index (χ3n) is 3.04. The number of fused-ring (bicyclic) bond motifs is 1. The molecule has 4 N–H and O–H groups in total. The van der Waals surface area contributed by atoms with E-state index in [-0.39, 0.29) is 0 Å². The van der Waals surface area contributed by atoms with E-state index in [0.717, 1.165) is 10.2 Å². The van der Waals surface area contributed by atoms with E-state index in [1.807, 2.05) is 34.9 Å². The second-order valence-corrected chi connectivity index (χ2v) is 5.33. The number of rotatable bonds is 2. The summed E-state index contributed by atoms with van der Waals surface area (Å²) in [6, 6.07) is 11.9. The smallest absolute Gasteiger partial charge is 0.162 e. The minimum absolute atomic E-state index is 0.611. The van der Waals surface area contributed by atoms with E-state index in [1.165, 1.54) is 5.56 Å². The summed E-state index contributed by atoms with van der Waals surface area (Å²) >= 11 is 3.41. The second-order valence-electron chi connectivity index (χ2n) is 4.41. The van der Waals surface area contributed by atoms with E-state index in [4.69, 9.17) is 11.5 Å². The standard InChI is InChI=1S/C14H13BrN4/c15-10-7-11(16)14-18-12(13(17)19(14)8-10)6-9-4-2-1-3-5-9/h1-5,7-8H,6,16-17H2. The molecule has 0 aliphatic rings. The number of imidazole rings is 1. The van der Waals surface area contributed by atoms with Gasteiger partial charge in [-0.2, -0.15) is 0 Å². The predicted octanol–water partition coefficient (Wildman–Crippen LogP) is 2.85. The number of benzene rings is 1. The molecule has 5 heteroatoms. The fourth-order valence-corrected chi connectivity index (χ4v) is 2.57. The normalized spacial score (nSPS) is 11.0. The summed E-state index contributed by atoms with van der Waals surface area (Å²) in [6.07, 6.45) is 2.58. The van der Waals surface area contributed by atoms with Crippen LogP contribution >= 0.6 is 15.9 Å². The molecule has 1 aromatic carbocycles. The Morgan fingerprint density at radius 3 is 2.63 bits per heavy atom. The molecule has 0 spiro atoms. The molecule has 4 nitrogen and oxygen atoms in total. The highest BCUT2D eigenvalue weighted by molar-refractivity contribution is 9.10. The molecule has 0 fully saturated rings. The molecule has 0 amide bonds.